The number of carbonyl (C=O) groups is 1. The Labute approximate surface area is 146 Å². The fourth-order valence-electron chi connectivity index (χ4n) is 1.92. The van der Waals surface area contributed by atoms with Gasteiger partial charge in [-0.3, -0.25) is 4.79 Å². The van der Waals surface area contributed by atoms with Gasteiger partial charge in [-0.1, -0.05) is 35.0 Å². The van der Waals surface area contributed by atoms with Gasteiger partial charge < -0.3 is 10.3 Å². The number of nitrogens with zero attached hydrogens (tertiary/aromatic N) is 3. The second kappa shape index (κ2) is 6.74. The fraction of sp³-hybridized carbons (Fsp3) is 0.143. The average molecular weight is 368 g/mol. The van der Waals surface area contributed by atoms with Gasteiger partial charge in [-0.05, 0) is 25.1 Å². The Kier molecular flexibility index (Phi) is 4.70. The SMILES string of the molecule is C[C@@H](Sc1ncnc2nc[nH]c12)C(=O)Nc1cc(Cl)cc(Cl)c1. The molecule has 0 spiro atoms. The Hall–Kier alpha value is -1.83. The molecule has 0 saturated heterocycles. The van der Waals surface area contributed by atoms with Gasteiger partial charge >= 0.3 is 0 Å². The maximum Gasteiger partial charge on any atom is 0.237 e. The molecule has 0 aliphatic carbocycles. The van der Waals surface area contributed by atoms with Crippen LogP contribution in [-0.2, 0) is 4.79 Å². The summed E-state index contributed by atoms with van der Waals surface area (Å²) >= 11 is 13.2. The van der Waals surface area contributed by atoms with E-state index in [2.05, 4.69) is 25.3 Å². The smallest absolute Gasteiger partial charge is 0.237 e. The van der Waals surface area contributed by atoms with Crippen LogP contribution in [-0.4, -0.2) is 31.1 Å². The number of hydrogen-bond acceptors (Lipinski definition) is 5. The van der Waals surface area contributed by atoms with Gasteiger partial charge in [-0.15, -0.1) is 0 Å². The lowest BCUT2D eigenvalue weighted by Gasteiger charge is -2.12. The highest BCUT2D eigenvalue weighted by atomic mass is 35.5. The number of thioether (sulfide) groups is 1. The molecule has 0 fully saturated rings. The molecule has 6 nitrogen and oxygen atoms in total. The molecule has 0 bridgehead atoms. The number of hydrogen-bond donors (Lipinski definition) is 2. The summed E-state index contributed by atoms with van der Waals surface area (Å²) in [7, 11) is 0. The molecule has 0 radical (unpaired) electrons. The number of amides is 1. The Balaban J connectivity index is 1.73. The molecule has 0 saturated carbocycles. The van der Waals surface area contributed by atoms with E-state index in [4.69, 9.17) is 23.2 Å². The number of fused-ring (bicyclic) bond motifs is 1. The number of nitrogens with one attached hydrogen (secondary N) is 2. The molecule has 1 aromatic carbocycles. The quantitative estimate of drug-likeness (QED) is 0.541. The molecule has 0 aliphatic rings. The van der Waals surface area contributed by atoms with Gasteiger partial charge in [0.25, 0.3) is 0 Å². The monoisotopic (exact) mass is 367 g/mol. The van der Waals surface area contributed by atoms with Gasteiger partial charge in [0.15, 0.2) is 5.65 Å². The van der Waals surface area contributed by atoms with Gasteiger partial charge in [0.05, 0.1) is 11.6 Å². The number of H-pyrrole nitrogens is 1. The molecule has 1 amide bonds. The van der Waals surface area contributed by atoms with Gasteiger partial charge in [-0.2, -0.15) is 0 Å². The summed E-state index contributed by atoms with van der Waals surface area (Å²) in [5.74, 6) is -0.181. The van der Waals surface area contributed by atoms with Crippen LogP contribution in [0.25, 0.3) is 11.2 Å². The predicted molar refractivity (Wildman–Crippen MR) is 92.1 cm³/mol. The van der Waals surface area contributed by atoms with Crippen LogP contribution in [0.3, 0.4) is 0 Å². The normalized spacial score (nSPS) is 12.3. The Morgan fingerprint density at radius 2 is 1.96 bits per heavy atom. The molecule has 0 aliphatic heterocycles. The van der Waals surface area contributed by atoms with Crippen LogP contribution in [0, 0.1) is 0 Å². The molecule has 23 heavy (non-hydrogen) atoms. The highest BCUT2D eigenvalue weighted by molar-refractivity contribution is 8.00. The van der Waals surface area contributed by atoms with Crippen molar-refractivity contribution in [3.8, 4) is 0 Å². The first-order chi connectivity index (χ1) is 11.0. The Morgan fingerprint density at radius 1 is 1.22 bits per heavy atom. The third kappa shape index (κ3) is 3.74. The summed E-state index contributed by atoms with van der Waals surface area (Å²) in [6, 6.07) is 4.88. The zero-order chi connectivity index (χ0) is 16.4. The second-order valence-electron chi connectivity index (χ2n) is 4.69. The maximum absolute atomic E-state index is 12.3. The number of benzene rings is 1. The van der Waals surface area contributed by atoms with Crippen LogP contribution in [0.4, 0.5) is 5.69 Å². The van der Waals surface area contributed by atoms with Crippen molar-refractivity contribution >= 4 is 57.7 Å². The highest BCUT2D eigenvalue weighted by Gasteiger charge is 2.18. The van der Waals surface area contributed by atoms with E-state index >= 15 is 0 Å². The average Bonchev–Trinajstić information content (AvgIpc) is 2.95. The summed E-state index contributed by atoms with van der Waals surface area (Å²) in [4.78, 5) is 27.6. The fourth-order valence-corrected chi connectivity index (χ4v) is 3.33. The maximum atomic E-state index is 12.3. The first kappa shape index (κ1) is 16.0. The van der Waals surface area contributed by atoms with Gasteiger partial charge in [0, 0.05) is 15.7 Å². The zero-order valence-corrected chi connectivity index (χ0v) is 14.2. The zero-order valence-electron chi connectivity index (χ0n) is 11.9. The van der Waals surface area contributed by atoms with Crippen molar-refractivity contribution in [2.24, 2.45) is 0 Å². The standard InChI is InChI=1S/C14H11Cl2N5OS/c1-7(13(22)21-10-3-8(15)2-9(16)4-10)23-14-11-12(18-5-17-11)19-6-20-14/h2-7H,1H3,(H,21,22)(H,17,18,19,20)/t7-/m1/s1. The van der Waals surface area contributed by atoms with Crippen molar-refractivity contribution in [3.63, 3.8) is 0 Å². The van der Waals surface area contributed by atoms with E-state index in [-0.39, 0.29) is 11.2 Å². The summed E-state index contributed by atoms with van der Waals surface area (Å²) in [6.45, 7) is 1.79. The van der Waals surface area contributed by atoms with Gasteiger partial charge in [-0.25, -0.2) is 15.0 Å². The van der Waals surface area contributed by atoms with Crippen molar-refractivity contribution in [2.75, 3.05) is 5.32 Å². The minimum absolute atomic E-state index is 0.181. The molecule has 3 aromatic rings. The predicted octanol–water partition coefficient (Wildman–Crippen LogP) is 3.78. The minimum atomic E-state index is -0.380. The number of carbonyl (C=O) groups excluding carboxylic acids is 1. The van der Waals surface area contributed by atoms with E-state index < -0.39 is 0 Å². The highest BCUT2D eigenvalue weighted by Crippen LogP contribution is 2.28. The topological polar surface area (TPSA) is 83.6 Å². The van der Waals surface area contributed by atoms with E-state index in [0.29, 0.717) is 31.9 Å². The van der Waals surface area contributed by atoms with Crippen molar-refractivity contribution in [1.29, 1.82) is 0 Å². The summed E-state index contributed by atoms with van der Waals surface area (Å²) in [5, 5.41) is 4.00. The van der Waals surface area contributed by atoms with E-state index in [1.54, 1.807) is 31.5 Å². The number of aromatic amines is 1. The summed E-state index contributed by atoms with van der Waals surface area (Å²) < 4.78 is 0. The lowest BCUT2D eigenvalue weighted by molar-refractivity contribution is -0.115. The van der Waals surface area contributed by atoms with E-state index in [1.807, 2.05) is 0 Å². The second-order valence-corrected chi connectivity index (χ2v) is 6.89. The van der Waals surface area contributed by atoms with Crippen molar-refractivity contribution in [2.45, 2.75) is 17.2 Å². The van der Waals surface area contributed by atoms with Crippen molar-refractivity contribution in [3.05, 3.63) is 40.9 Å². The van der Waals surface area contributed by atoms with Gasteiger partial charge in [0.1, 0.15) is 16.9 Å². The number of aromatic nitrogens is 4. The number of anilines is 1. The lowest BCUT2D eigenvalue weighted by Crippen LogP contribution is -2.22. The Morgan fingerprint density at radius 3 is 2.70 bits per heavy atom. The van der Waals surface area contributed by atoms with Crippen LogP contribution < -0.4 is 5.32 Å². The van der Waals surface area contributed by atoms with Gasteiger partial charge in [0.2, 0.25) is 5.91 Å². The first-order valence-electron chi connectivity index (χ1n) is 6.60. The number of imidazole rings is 1. The molecule has 118 valence electrons. The molecule has 0 unspecified atom stereocenters. The third-order valence-electron chi connectivity index (χ3n) is 2.98. The molecular formula is C14H11Cl2N5OS. The van der Waals surface area contributed by atoms with Crippen molar-refractivity contribution in [1.82, 2.24) is 19.9 Å². The van der Waals surface area contributed by atoms with Crippen LogP contribution >= 0.6 is 35.0 Å². The third-order valence-corrected chi connectivity index (χ3v) is 4.51. The molecule has 3 rings (SSSR count). The van der Waals surface area contributed by atoms with Crippen LogP contribution in [0.2, 0.25) is 10.0 Å². The lowest BCUT2D eigenvalue weighted by atomic mass is 10.3. The number of halogens is 2. The first-order valence-corrected chi connectivity index (χ1v) is 8.24. The van der Waals surface area contributed by atoms with E-state index in [1.165, 1.54) is 18.1 Å². The molecule has 1 atom stereocenters. The molecule has 2 aromatic heterocycles. The largest absolute Gasteiger partial charge is 0.341 e. The van der Waals surface area contributed by atoms with Crippen molar-refractivity contribution < 1.29 is 4.79 Å². The van der Waals surface area contributed by atoms with Crippen LogP contribution in [0.15, 0.2) is 35.9 Å². The summed E-state index contributed by atoms with van der Waals surface area (Å²) in [5.41, 5.74) is 1.83. The Bertz CT molecular complexity index is 849. The number of rotatable bonds is 4. The van der Waals surface area contributed by atoms with Crippen LogP contribution in [0.1, 0.15) is 6.92 Å². The minimum Gasteiger partial charge on any atom is -0.341 e. The summed E-state index contributed by atoms with van der Waals surface area (Å²) in [6.07, 6.45) is 2.97. The molecular weight excluding hydrogens is 357 g/mol. The molecule has 9 heteroatoms. The van der Waals surface area contributed by atoms with Crippen LogP contribution in [0.5, 0.6) is 0 Å². The van der Waals surface area contributed by atoms with E-state index in [9.17, 15) is 4.79 Å². The van der Waals surface area contributed by atoms with E-state index in [0.717, 1.165) is 0 Å². The molecule has 2 N–H and O–H groups in total. The molecule has 2 heterocycles.